The molecule has 1 unspecified atom stereocenters. The molecule has 1 fully saturated rings. The Morgan fingerprint density at radius 2 is 2.04 bits per heavy atom. The van der Waals surface area contributed by atoms with Crippen LogP contribution in [-0.4, -0.2) is 27.5 Å². The van der Waals surface area contributed by atoms with E-state index in [4.69, 9.17) is 4.52 Å². The highest BCUT2D eigenvalue weighted by Crippen LogP contribution is 2.29. The van der Waals surface area contributed by atoms with Crippen LogP contribution in [0.2, 0.25) is 0 Å². The normalized spacial score (nSPS) is 17.1. The summed E-state index contributed by atoms with van der Waals surface area (Å²) in [5.41, 5.74) is 2.94. The lowest BCUT2D eigenvalue weighted by atomic mass is 10.1. The summed E-state index contributed by atoms with van der Waals surface area (Å²) in [6, 6.07) is 14.0. The van der Waals surface area contributed by atoms with Gasteiger partial charge in [-0.2, -0.15) is 4.98 Å². The number of aromatic nitrogens is 2. The lowest BCUT2D eigenvalue weighted by Gasteiger charge is -2.16. The third-order valence-corrected chi connectivity index (χ3v) is 4.57. The number of carbonyl (C=O) groups is 1. The monoisotopic (exact) mass is 351 g/mol. The van der Waals surface area contributed by atoms with Gasteiger partial charge in [0.1, 0.15) is 5.82 Å². The first-order valence-electron chi connectivity index (χ1n) is 8.51. The van der Waals surface area contributed by atoms with Crippen LogP contribution in [0.25, 0.3) is 11.5 Å². The SMILES string of the molecule is Cc1cccc(CN2CC(c3noc(-c4ccc(F)cc4)n3)CC2=O)c1. The molecule has 1 aliphatic heterocycles. The molecule has 4 rings (SSSR count). The Morgan fingerprint density at radius 3 is 2.81 bits per heavy atom. The molecule has 0 bridgehead atoms. The number of likely N-dealkylation sites (tertiary alicyclic amines) is 1. The van der Waals surface area contributed by atoms with Gasteiger partial charge in [-0.3, -0.25) is 4.79 Å². The quantitative estimate of drug-likeness (QED) is 0.719. The molecule has 5 nitrogen and oxygen atoms in total. The molecular formula is C20H18FN3O2. The van der Waals surface area contributed by atoms with Crippen molar-refractivity contribution < 1.29 is 13.7 Å². The molecule has 0 spiro atoms. The van der Waals surface area contributed by atoms with E-state index >= 15 is 0 Å². The molecule has 2 heterocycles. The summed E-state index contributed by atoms with van der Waals surface area (Å²) in [7, 11) is 0. The van der Waals surface area contributed by atoms with Crippen LogP contribution in [0.5, 0.6) is 0 Å². The van der Waals surface area contributed by atoms with Gasteiger partial charge in [-0.05, 0) is 36.8 Å². The zero-order chi connectivity index (χ0) is 18.1. The molecule has 0 saturated carbocycles. The van der Waals surface area contributed by atoms with Crippen LogP contribution >= 0.6 is 0 Å². The molecule has 26 heavy (non-hydrogen) atoms. The topological polar surface area (TPSA) is 59.2 Å². The second-order valence-corrected chi connectivity index (χ2v) is 6.63. The van der Waals surface area contributed by atoms with Crippen molar-refractivity contribution in [2.24, 2.45) is 0 Å². The van der Waals surface area contributed by atoms with Gasteiger partial charge in [0, 0.05) is 31.0 Å². The number of halogens is 1. The maximum atomic E-state index is 13.0. The minimum Gasteiger partial charge on any atom is -0.338 e. The van der Waals surface area contributed by atoms with E-state index in [2.05, 4.69) is 16.2 Å². The largest absolute Gasteiger partial charge is 0.338 e. The van der Waals surface area contributed by atoms with Crippen molar-refractivity contribution in [2.75, 3.05) is 6.54 Å². The zero-order valence-corrected chi connectivity index (χ0v) is 14.4. The Kier molecular flexibility index (Phi) is 4.24. The van der Waals surface area contributed by atoms with Crippen molar-refractivity contribution >= 4 is 5.91 Å². The van der Waals surface area contributed by atoms with Gasteiger partial charge in [0.15, 0.2) is 5.82 Å². The fraction of sp³-hybridized carbons (Fsp3) is 0.250. The summed E-state index contributed by atoms with van der Waals surface area (Å²) >= 11 is 0. The third-order valence-electron chi connectivity index (χ3n) is 4.57. The number of nitrogens with zero attached hydrogens (tertiary/aromatic N) is 3. The van der Waals surface area contributed by atoms with Crippen molar-refractivity contribution in [1.29, 1.82) is 0 Å². The molecule has 0 aliphatic carbocycles. The van der Waals surface area contributed by atoms with E-state index in [1.54, 1.807) is 12.1 Å². The summed E-state index contributed by atoms with van der Waals surface area (Å²) < 4.78 is 18.3. The molecular weight excluding hydrogens is 333 g/mol. The number of hydrogen-bond donors (Lipinski definition) is 0. The van der Waals surface area contributed by atoms with Crippen molar-refractivity contribution in [1.82, 2.24) is 15.0 Å². The maximum Gasteiger partial charge on any atom is 0.257 e. The minimum absolute atomic E-state index is 0.0876. The second-order valence-electron chi connectivity index (χ2n) is 6.63. The second kappa shape index (κ2) is 6.71. The molecule has 1 amide bonds. The number of carbonyl (C=O) groups excluding carboxylic acids is 1. The smallest absolute Gasteiger partial charge is 0.257 e. The molecule has 1 atom stereocenters. The Morgan fingerprint density at radius 1 is 1.23 bits per heavy atom. The first kappa shape index (κ1) is 16.4. The summed E-state index contributed by atoms with van der Waals surface area (Å²) in [6.07, 6.45) is 0.369. The molecule has 1 aromatic heterocycles. The summed E-state index contributed by atoms with van der Waals surface area (Å²) in [6.45, 7) is 3.18. The first-order valence-corrected chi connectivity index (χ1v) is 8.51. The average Bonchev–Trinajstić information content (AvgIpc) is 3.23. The maximum absolute atomic E-state index is 13.0. The van der Waals surface area contributed by atoms with E-state index in [-0.39, 0.29) is 17.6 Å². The van der Waals surface area contributed by atoms with E-state index in [1.807, 2.05) is 30.0 Å². The fourth-order valence-electron chi connectivity index (χ4n) is 3.24. The number of hydrogen-bond acceptors (Lipinski definition) is 4. The predicted octanol–water partition coefficient (Wildman–Crippen LogP) is 3.70. The molecule has 132 valence electrons. The highest BCUT2D eigenvalue weighted by atomic mass is 19.1. The summed E-state index contributed by atoms with van der Waals surface area (Å²) in [4.78, 5) is 18.6. The van der Waals surface area contributed by atoms with Gasteiger partial charge in [-0.15, -0.1) is 0 Å². The minimum atomic E-state index is -0.318. The number of rotatable bonds is 4. The lowest BCUT2D eigenvalue weighted by molar-refractivity contribution is -0.128. The predicted molar refractivity (Wildman–Crippen MR) is 93.6 cm³/mol. The Bertz CT molecular complexity index is 936. The highest BCUT2D eigenvalue weighted by Gasteiger charge is 2.33. The van der Waals surface area contributed by atoms with Gasteiger partial charge < -0.3 is 9.42 Å². The van der Waals surface area contributed by atoms with Gasteiger partial charge in [-0.1, -0.05) is 35.0 Å². The van der Waals surface area contributed by atoms with Gasteiger partial charge in [0.05, 0.1) is 0 Å². The average molecular weight is 351 g/mol. The molecule has 1 aliphatic rings. The molecule has 1 saturated heterocycles. The van der Waals surface area contributed by atoms with Crippen molar-refractivity contribution in [2.45, 2.75) is 25.8 Å². The van der Waals surface area contributed by atoms with Crippen LogP contribution in [0.15, 0.2) is 53.1 Å². The zero-order valence-electron chi connectivity index (χ0n) is 14.4. The Labute approximate surface area is 150 Å². The lowest BCUT2D eigenvalue weighted by Crippen LogP contribution is -2.24. The number of benzene rings is 2. The van der Waals surface area contributed by atoms with Crippen molar-refractivity contribution in [3.05, 3.63) is 71.3 Å². The number of aryl methyl sites for hydroxylation is 1. The van der Waals surface area contributed by atoms with E-state index in [1.165, 1.54) is 17.7 Å². The Balaban J connectivity index is 1.48. The molecule has 0 radical (unpaired) electrons. The highest BCUT2D eigenvalue weighted by molar-refractivity contribution is 5.79. The first-order chi connectivity index (χ1) is 12.6. The Hall–Kier alpha value is -3.02. The van der Waals surface area contributed by atoms with Gasteiger partial charge in [0.25, 0.3) is 5.89 Å². The number of amides is 1. The molecule has 0 N–H and O–H groups in total. The van der Waals surface area contributed by atoms with Gasteiger partial charge in [0.2, 0.25) is 5.91 Å². The fourth-order valence-corrected chi connectivity index (χ4v) is 3.24. The van der Waals surface area contributed by atoms with Gasteiger partial charge >= 0.3 is 0 Å². The van der Waals surface area contributed by atoms with Crippen LogP contribution < -0.4 is 0 Å². The molecule has 2 aromatic carbocycles. The molecule has 3 aromatic rings. The van der Waals surface area contributed by atoms with E-state index < -0.39 is 0 Å². The van der Waals surface area contributed by atoms with E-state index in [9.17, 15) is 9.18 Å². The standard InChI is InChI=1S/C20H18FN3O2/c1-13-3-2-4-14(9-13)11-24-12-16(10-18(24)25)19-22-20(26-23-19)15-5-7-17(21)8-6-15/h2-9,16H,10-12H2,1H3. The van der Waals surface area contributed by atoms with Crippen LogP contribution in [0, 0.1) is 12.7 Å². The van der Waals surface area contributed by atoms with Crippen LogP contribution in [0.4, 0.5) is 4.39 Å². The van der Waals surface area contributed by atoms with E-state index in [0.29, 0.717) is 36.8 Å². The molecule has 6 heteroatoms. The van der Waals surface area contributed by atoms with Crippen LogP contribution in [-0.2, 0) is 11.3 Å². The summed E-state index contributed by atoms with van der Waals surface area (Å²) in [5.74, 6) is 0.533. The van der Waals surface area contributed by atoms with E-state index in [0.717, 1.165) is 5.56 Å². The summed E-state index contributed by atoms with van der Waals surface area (Å²) in [5, 5.41) is 4.03. The van der Waals surface area contributed by atoms with Crippen molar-refractivity contribution in [3.8, 4) is 11.5 Å². The van der Waals surface area contributed by atoms with Crippen LogP contribution in [0.3, 0.4) is 0 Å². The third kappa shape index (κ3) is 3.35. The van der Waals surface area contributed by atoms with Gasteiger partial charge in [-0.25, -0.2) is 4.39 Å². The van der Waals surface area contributed by atoms with Crippen LogP contribution in [0.1, 0.15) is 29.3 Å². The van der Waals surface area contributed by atoms with Crippen molar-refractivity contribution in [3.63, 3.8) is 0 Å².